The Morgan fingerprint density at radius 2 is 1.75 bits per heavy atom. The Balaban J connectivity index is 2.11. The van der Waals surface area contributed by atoms with Gasteiger partial charge in [-0.2, -0.15) is 0 Å². The molecule has 7 atom stereocenters. The molecule has 0 aromatic carbocycles. The van der Waals surface area contributed by atoms with Gasteiger partial charge in [0.2, 0.25) is 0 Å². The van der Waals surface area contributed by atoms with E-state index >= 15 is 0 Å². The third-order valence-electron chi connectivity index (χ3n) is 11.3. The molecule has 0 spiro atoms. The molecule has 9 heteroatoms. The van der Waals surface area contributed by atoms with Crippen molar-refractivity contribution < 1.29 is 43.6 Å². The van der Waals surface area contributed by atoms with Gasteiger partial charge in [0.1, 0.15) is 12.7 Å². The lowest BCUT2D eigenvalue weighted by Gasteiger charge is -2.58. The number of fused-ring (bicyclic) bond motifs is 3. The van der Waals surface area contributed by atoms with Gasteiger partial charge in [-0.15, -0.1) is 0 Å². The van der Waals surface area contributed by atoms with E-state index in [9.17, 15) is 29.4 Å². The number of carbonyl (C=O) groups excluding carboxylic acids is 3. The molecule has 0 heterocycles. The number of esters is 3. The van der Waals surface area contributed by atoms with Gasteiger partial charge in [0.25, 0.3) is 0 Å². The fraction of sp³-hybridized carbons (Fsp3) is 0.714. The number of hydrogen-bond donors (Lipinski definition) is 2. The van der Waals surface area contributed by atoms with Crippen LogP contribution in [0.5, 0.6) is 0 Å². The van der Waals surface area contributed by atoms with Crippen molar-refractivity contribution in [3.05, 3.63) is 34.9 Å². The Hall–Kier alpha value is -2.94. The average Bonchev–Trinajstić information content (AvgIpc) is 3.22. The molecule has 0 amide bonds. The molecule has 0 bridgehead atoms. The molecular formula is C35H52O9. The maximum Gasteiger partial charge on any atom is 0.330 e. The summed E-state index contributed by atoms with van der Waals surface area (Å²) < 4.78 is 16.5. The SMILES string of the molecule is COC(=O)CC[C@]1(COC(C)=O)C2=CC[C@]3(C)C([C@H](C)[C@@H](C/C=C(/C)C(=O)O)OC(C)=O)CC[C@@]3(C)C2=CC[C@H]1C(C)(C)O. The van der Waals surface area contributed by atoms with E-state index in [0.717, 1.165) is 18.4 Å². The molecular weight excluding hydrogens is 564 g/mol. The number of carboxylic acids is 1. The third-order valence-corrected chi connectivity index (χ3v) is 11.3. The fourth-order valence-electron chi connectivity index (χ4n) is 8.70. The highest BCUT2D eigenvalue weighted by Crippen LogP contribution is 2.70. The summed E-state index contributed by atoms with van der Waals surface area (Å²) in [6, 6.07) is 0. The van der Waals surface area contributed by atoms with E-state index in [2.05, 4.69) is 32.9 Å². The zero-order valence-electron chi connectivity index (χ0n) is 28.0. The first-order valence-corrected chi connectivity index (χ1v) is 15.8. The molecule has 9 nitrogen and oxygen atoms in total. The molecule has 0 aliphatic heterocycles. The van der Waals surface area contributed by atoms with Crippen LogP contribution < -0.4 is 0 Å². The lowest BCUT2D eigenvalue weighted by molar-refractivity contribution is -0.151. The molecule has 0 radical (unpaired) electrons. The van der Waals surface area contributed by atoms with Gasteiger partial charge in [-0.25, -0.2) is 4.79 Å². The smallest absolute Gasteiger partial charge is 0.330 e. The van der Waals surface area contributed by atoms with Crippen LogP contribution in [0.2, 0.25) is 0 Å². The van der Waals surface area contributed by atoms with Crippen molar-refractivity contribution >= 4 is 23.9 Å². The van der Waals surface area contributed by atoms with Gasteiger partial charge in [0.05, 0.1) is 12.7 Å². The van der Waals surface area contributed by atoms with Crippen LogP contribution in [0.25, 0.3) is 0 Å². The molecule has 0 aromatic heterocycles. The van der Waals surface area contributed by atoms with Crippen LogP contribution in [-0.4, -0.2) is 59.5 Å². The summed E-state index contributed by atoms with van der Waals surface area (Å²) in [6.45, 7) is 14.6. The Bertz CT molecular complexity index is 1240. The standard InChI is InChI=1S/C35H52O9/c1-21(31(39)40)10-12-28(44-24(4)37)22(2)25-14-17-34(8)26-11-13-29(32(5,6)41)35(20-43-23(3)36,19-16-30(38)42-9)27(26)15-18-33(25,34)7/h10-11,15,22,25,28-29,41H,12-14,16-20H2,1-9H3,(H,39,40)/b21-10-/t22-,25?,28+,29-,33+,34-,35-/m0/s1. The van der Waals surface area contributed by atoms with Crippen molar-refractivity contribution in [2.45, 2.75) is 112 Å². The largest absolute Gasteiger partial charge is 0.478 e. The highest BCUT2D eigenvalue weighted by atomic mass is 16.5. The topological polar surface area (TPSA) is 136 Å². The Kier molecular flexibility index (Phi) is 10.7. The summed E-state index contributed by atoms with van der Waals surface area (Å²) >= 11 is 0. The van der Waals surface area contributed by atoms with Crippen molar-refractivity contribution in [2.75, 3.05) is 13.7 Å². The van der Waals surface area contributed by atoms with Gasteiger partial charge in [-0.05, 0) is 86.7 Å². The number of ether oxygens (including phenoxy) is 3. The number of carboxylic acid groups (broad SMARTS) is 1. The molecule has 1 fully saturated rings. The maximum atomic E-state index is 12.4. The molecule has 2 N–H and O–H groups in total. The third kappa shape index (κ3) is 6.68. The monoisotopic (exact) mass is 616 g/mol. The minimum Gasteiger partial charge on any atom is -0.478 e. The van der Waals surface area contributed by atoms with Gasteiger partial charge in [0.15, 0.2) is 0 Å². The molecule has 3 aliphatic carbocycles. The van der Waals surface area contributed by atoms with Gasteiger partial charge >= 0.3 is 23.9 Å². The van der Waals surface area contributed by atoms with E-state index in [-0.39, 0.29) is 53.2 Å². The quantitative estimate of drug-likeness (QED) is 0.155. The van der Waals surface area contributed by atoms with Crippen molar-refractivity contribution in [3.63, 3.8) is 0 Å². The molecule has 246 valence electrons. The lowest BCUT2D eigenvalue weighted by atomic mass is 9.47. The predicted molar refractivity (Wildman–Crippen MR) is 165 cm³/mol. The van der Waals surface area contributed by atoms with Crippen LogP contribution in [0.15, 0.2) is 34.9 Å². The van der Waals surface area contributed by atoms with Crippen LogP contribution >= 0.6 is 0 Å². The molecule has 0 aromatic rings. The first-order valence-electron chi connectivity index (χ1n) is 15.8. The van der Waals surface area contributed by atoms with E-state index < -0.39 is 35.0 Å². The summed E-state index contributed by atoms with van der Waals surface area (Å²) in [6.07, 6.45) is 9.46. The summed E-state index contributed by atoms with van der Waals surface area (Å²) in [5.74, 6) is -2.36. The number of carbonyl (C=O) groups is 4. The summed E-state index contributed by atoms with van der Waals surface area (Å²) in [7, 11) is 1.36. The number of allylic oxidation sites excluding steroid dienone is 3. The van der Waals surface area contributed by atoms with Crippen LogP contribution in [0.3, 0.4) is 0 Å². The van der Waals surface area contributed by atoms with Crippen molar-refractivity contribution in [1.29, 1.82) is 0 Å². The van der Waals surface area contributed by atoms with Gasteiger partial charge in [-0.3, -0.25) is 14.4 Å². The Labute approximate surface area is 262 Å². The van der Waals surface area contributed by atoms with E-state index in [1.54, 1.807) is 19.9 Å². The minimum atomic E-state index is -1.12. The summed E-state index contributed by atoms with van der Waals surface area (Å²) in [4.78, 5) is 48.1. The van der Waals surface area contributed by atoms with Gasteiger partial charge < -0.3 is 24.4 Å². The second-order valence-electron chi connectivity index (χ2n) is 14.2. The van der Waals surface area contributed by atoms with Crippen LogP contribution in [-0.2, 0) is 33.4 Å². The number of aliphatic carboxylic acids is 1. The molecule has 3 rings (SSSR count). The van der Waals surface area contributed by atoms with Gasteiger partial charge in [0, 0.05) is 43.6 Å². The molecule has 1 saturated carbocycles. The zero-order chi connectivity index (χ0) is 33.3. The predicted octanol–water partition coefficient (Wildman–Crippen LogP) is 5.95. The van der Waals surface area contributed by atoms with E-state index in [1.807, 2.05) is 0 Å². The van der Waals surface area contributed by atoms with E-state index in [4.69, 9.17) is 14.2 Å². The summed E-state index contributed by atoms with van der Waals surface area (Å²) in [5.41, 5.74) is 0.00740. The van der Waals surface area contributed by atoms with Gasteiger partial charge in [-0.1, -0.05) is 39.0 Å². The first-order chi connectivity index (χ1) is 20.3. The number of aliphatic hydroxyl groups is 1. The molecule has 3 aliphatic rings. The van der Waals surface area contributed by atoms with Crippen molar-refractivity contribution in [3.8, 4) is 0 Å². The minimum absolute atomic E-state index is 0.0445. The van der Waals surface area contributed by atoms with Crippen LogP contribution in [0, 0.1) is 34.0 Å². The van der Waals surface area contributed by atoms with Crippen LogP contribution in [0.1, 0.15) is 100 Å². The number of methoxy groups -OCH3 is 1. The highest BCUT2D eigenvalue weighted by Gasteiger charge is 2.63. The zero-order valence-corrected chi connectivity index (χ0v) is 28.0. The second-order valence-corrected chi connectivity index (χ2v) is 14.2. The maximum absolute atomic E-state index is 12.4. The number of rotatable bonds is 12. The lowest BCUT2D eigenvalue weighted by Crippen LogP contribution is -2.54. The first kappa shape index (κ1) is 35.5. The average molecular weight is 617 g/mol. The van der Waals surface area contributed by atoms with E-state index in [0.29, 0.717) is 25.7 Å². The molecule has 44 heavy (non-hydrogen) atoms. The normalized spacial score (nSPS) is 31.5. The Morgan fingerprint density at radius 1 is 1.09 bits per heavy atom. The van der Waals surface area contributed by atoms with Crippen molar-refractivity contribution in [2.24, 2.45) is 34.0 Å². The fourth-order valence-corrected chi connectivity index (χ4v) is 8.70. The summed E-state index contributed by atoms with van der Waals surface area (Å²) in [5, 5.41) is 20.8. The second kappa shape index (κ2) is 13.2. The molecule has 0 saturated heterocycles. The highest BCUT2D eigenvalue weighted by molar-refractivity contribution is 5.85. The number of hydrogen-bond acceptors (Lipinski definition) is 8. The van der Waals surface area contributed by atoms with E-state index in [1.165, 1.54) is 33.5 Å². The van der Waals surface area contributed by atoms with Crippen molar-refractivity contribution in [1.82, 2.24) is 0 Å². The molecule has 1 unspecified atom stereocenters. The Morgan fingerprint density at radius 3 is 2.30 bits per heavy atom. The van der Waals surface area contributed by atoms with Crippen LogP contribution in [0.4, 0.5) is 0 Å².